The number of hydrogen-bond donors (Lipinski definition) is 0. The lowest BCUT2D eigenvalue weighted by atomic mass is 9.92. The van der Waals surface area contributed by atoms with Gasteiger partial charge in [0.05, 0.1) is 11.9 Å². The lowest BCUT2D eigenvalue weighted by molar-refractivity contribution is -0.542. The summed E-state index contributed by atoms with van der Waals surface area (Å²) in [5.41, 5.74) is 4.29. The number of benzene rings is 1. The zero-order chi connectivity index (χ0) is 13.3. The van der Waals surface area contributed by atoms with E-state index in [0.717, 1.165) is 10.2 Å². The van der Waals surface area contributed by atoms with Crippen LogP contribution in [-0.2, 0) is 0 Å². The molecule has 18 heavy (non-hydrogen) atoms. The molecule has 0 aliphatic carbocycles. The minimum atomic E-state index is -0.494. The summed E-state index contributed by atoms with van der Waals surface area (Å²) in [4.78, 5) is 14.7. The molecule has 1 atom stereocenters. The molecule has 0 spiro atoms. The van der Waals surface area contributed by atoms with E-state index in [0.29, 0.717) is 5.69 Å². The first-order chi connectivity index (χ1) is 8.50. The van der Waals surface area contributed by atoms with Crippen molar-refractivity contribution in [3.05, 3.63) is 63.2 Å². The first kappa shape index (κ1) is 12.3. The second-order valence-electron chi connectivity index (χ2n) is 4.43. The van der Waals surface area contributed by atoms with Gasteiger partial charge in [0, 0.05) is 5.92 Å². The predicted molar refractivity (Wildman–Crippen MR) is 68.1 cm³/mol. The molecule has 1 aromatic heterocycles. The minimum Gasteiger partial charge on any atom is -0.235 e. The molecule has 0 N–H and O–H groups in total. The van der Waals surface area contributed by atoms with Crippen molar-refractivity contribution >= 4 is 0 Å². The molecule has 0 fully saturated rings. The van der Waals surface area contributed by atoms with Gasteiger partial charge in [-0.15, -0.1) is 0 Å². The lowest BCUT2D eigenvalue weighted by Gasteiger charge is -2.13. The molecule has 5 heteroatoms. The standard InChI is InChI=1S/C13H15N3O2/c1-9-5-4-6-12(10(9)2)11(3)13-7-15(8-14-13)16(17)18/h4-8,11H,1-3H3. The number of hydrogen-bond acceptors (Lipinski definition) is 3. The van der Waals surface area contributed by atoms with Crippen LogP contribution in [0.3, 0.4) is 0 Å². The van der Waals surface area contributed by atoms with Crippen LogP contribution in [0, 0.1) is 24.0 Å². The highest BCUT2D eigenvalue weighted by Gasteiger charge is 2.16. The molecule has 0 saturated carbocycles. The van der Waals surface area contributed by atoms with Gasteiger partial charge in [0.2, 0.25) is 0 Å². The molecule has 94 valence electrons. The number of nitrogens with zero attached hydrogens (tertiary/aromatic N) is 3. The molecular weight excluding hydrogens is 230 g/mol. The molecule has 0 radical (unpaired) electrons. The zero-order valence-corrected chi connectivity index (χ0v) is 10.6. The Hall–Kier alpha value is -2.17. The lowest BCUT2D eigenvalue weighted by Crippen LogP contribution is -2.05. The van der Waals surface area contributed by atoms with E-state index in [1.807, 2.05) is 19.1 Å². The molecule has 0 bridgehead atoms. The Bertz CT molecular complexity index is 590. The van der Waals surface area contributed by atoms with Crippen molar-refractivity contribution in [3.63, 3.8) is 0 Å². The van der Waals surface area contributed by atoms with Gasteiger partial charge in [0.25, 0.3) is 0 Å². The van der Waals surface area contributed by atoms with Crippen LogP contribution in [0.15, 0.2) is 30.7 Å². The molecule has 0 amide bonds. The zero-order valence-electron chi connectivity index (χ0n) is 10.6. The van der Waals surface area contributed by atoms with Crippen molar-refractivity contribution in [2.45, 2.75) is 26.7 Å². The van der Waals surface area contributed by atoms with Gasteiger partial charge in [-0.25, -0.2) is 15.1 Å². The van der Waals surface area contributed by atoms with E-state index < -0.39 is 5.03 Å². The second kappa shape index (κ2) is 4.60. The van der Waals surface area contributed by atoms with E-state index in [2.05, 4.69) is 24.9 Å². The number of aromatic nitrogens is 2. The fourth-order valence-corrected chi connectivity index (χ4v) is 2.04. The third kappa shape index (κ3) is 2.11. The van der Waals surface area contributed by atoms with Crippen LogP contribution in [0.2, 0.25) is 0 Å². The van der Waals surface area contributed by atoms with Crippen LogP contribution >= 0.6 is 0 Å². The van der Waals surface area contributed by atoms with Crippen molar-refractivity contribution in [2.24, 2.45) is 0 Å². The second-order valence-corrected chi connectivity index (χ2v) is 4.43. The fourth-order valence-electron chi connectivity index (χ4n) is 2.04. The van der Waals surface area contributed by atoms with Crippen LogP contribution in [0.4, 0.5) is 0 Å². The van der Waals surface area contributed by atoms with Gasteiger partial charge in [-0.05, 0) is 30.5 Å². The largest absolute Gasteiger partial charge is 0.235 e. The minimum absolute atomic E-state index is 0.0473. The maximum atomic E-state index is 10.6. The summed E-state index contributed by atoms with van der Waals surface area (Å²) in [6.07, 6.45) is 2.70. The van der Waals surface area contributed by atoms with Crippen LogP contribution in [0.5, 0.6) is 0 Å². The van der Waals surface area contributed by atoms with Gasteiger partial charge in [-0.3, -0.25) is 0 Å². The molecule has 0 saturated heterocycles. The molecule has 2 rings (SSSR count). The Morgan fingerprint density at radius 2 is 2.11 bits per heavy atom. The highest BCUT2D eigenvalue weighted by atomic mass is 16.7. The summed E-state index contributed by atoms with van der Waals surface area (Å²) in [6, 6.07) is 6.10. The highest BCUT2D eigenvalue weighted by molar-refractivity contribution is 5.38. The van der Waals surface area contributed by atoms with Crippen LogP contribution in [-0.4, -0.2) is 14.7 Å². The summed E-state index contributed by atoms with van der Waals surface area (Å²) in [5, 5.41) is 10.1. The fraction of sp³-hybridized carbons (Fsp3) is 0.308. The highest BCUT2D eigenvalue weighted by Crippen LogP contribution is 2.26. The normalized spacial score (nSPS) is 12.4. The summed E-state index contributed by atoms with van der Waals surface area (Å²) in [6.45, 7) is 6.13. The Kier molecular flexibility index (Phi) is 3.14. The van der Waals surface area contributed by atoms with Crippen molar-refractivity contribution in [1.82, 2.24) is 9.66 Å². The maximum absolute atomic E-state index is 10.6. The van der Waals surface area contributed by atoms with Crippen LogP contribution in [0.1, 0.15) is 35.2 Å². The van der Waals surface area contributed by atoms with Crippen molar-refractivity contribution in [2.75, 3.05) is 0 Å². The van der Waals surface area contributed by atoms with E-state index in [1.165, 1.54) is 23.7 Å². The molecule has 1 aromatic carbocycles. The monoisotopic (exact) mass is 245 g/mol. The van der Waals surface area contributed by atoms with E-state index >= 15 is 0 Å². The SMILES string of the molecule is Cc1cccc(C(C)c2cn([N+](=O)[O-])cn2)c1C. The number of nitro groups is 1. The molecular formula is C13H15N3O2. The van der Waals surface area contributed by atoms with Gasteiger partial charge in [0.15, 0.2) is 11.4 Å². The smallest absolute Gasteiger partial charge is 0.170 e. The van der Waals surface area contributed by atoms with Gasteiger partial charge in [-0.2, -0.15) is 0 Å². The van der Waals surface area contributed by atoms with Crippen molar-refractivity contribution < 1.29 is 5.03 Å². The number of aryl methyl sites for hydroxylation is 1. The summed E-state index contributed by atoms with van der Waals surface area (Å²) >= 11 is 0. The van der Waals surface area contributed by atoms with E-state index in [-0.39, 0.29) is 5.92 Å². The maximum Gasteiger partial charge on any atom is 0.170 e. The Morgan fingerprint density at radius 3 is 2.72 bits per heavy atom. The average Bonchev–Trinajstić information content (AvgIpc) is 2.81. The molecule has 2 aromatic rings. The van der Waals surface area contributed by atoms with Crippen molar-refractivity contribution in [3.8, 4) is 0 Å². The molecule has 1 unspecified atom stereocenters. The molecule has 0 aliphatic rings. The molecule has 1 heterocycles. The Morgan fingerprint density at radius 1 is 1.39 bits per heavy atom. The van der Waals surface area contributed by atoms with Gasteiger partial charge in [0.1, 0.15) is 0 Å². The Labute approximate surface area is 105 Å². The van der Waals surface area contributed by atoms with Gasteiger partial charge >= 0.3 is 0 Å². The van der Waals surface area contributed by atoms with Gasteiger partial charge in [-0.1, -0.05) is 29.8 Å². The van der Waals surface area contributed by atoms with Crippen LogP contribution in [0.25, 0.3) is 0 Å². The first-order valence-corrected chi connectivity index (χ1v) is 5.75. The molecule has 0 aliphatic heterocycles. The Balaban J connectivity index is 2.38. The molecule has 5 nitrogen and oxygen atoms in total. The van der Waals surface area contributed by atoms with E-state index in [1.54, 1.807) is 0 Å². The topological polar surface area (TPSA) is 61.0 Å². The number of imidazole rings is 1. The van der Waals surface area contributed by atoms with Crippen molar-refractivity contribution in [1.29, 1.82) is 0 Å². The third-order valence-electron chi connectivity index (χ3n) is 3.33. The number of rotatable bonds is 3. The average molecular weight is 245 g/mol. The van der Waals surface area contributed by atoms with Crippen LogP contribution < -0.4 is 0 Å². The van der Waals surface area contributed by atoms with E-state index in [4.69, 9.17) is 0 Å². The third-order valence-corrected chi connectivity index (χ3v) is 3.33. The summed E-state index contributed by atoms with van der Waals surface area (Å²) in [7, 11) is 0. The van der Waals surface area contributed by atoms with E-state index in [9.17, 15) is 10.1 Å². The summed E-state index contributed by atoms with van der Waals surface area (Å²) in [5.74, 6) is 0.0473. The first-order valence-electron chi connectivity index (χ1n) is 5.75. The predicted octanol–water partition coefficient (Wildman–Crippen LogP) is 2.69. The quantitative estimate of drug-likeness (QED) is 0.617. The van der Waals surface area contributed by atoms with Gasteiger partial charge < -0.3 is 0 Å². The summed E-state index contributed by atoms with van der Waals surface area (Å²) < 4.78 is 0.886.